The van der Waals surface area contributed by atoms with Crippen molar-refractivity contribution in [1.82, 2.24) is 5.32 Å². The van der Waals surface area contributed by atoms with Gasteiger partial charge in [-0.3, -0.25) is 4.79 Å². The number of rotatable bonds is 13. The average Bonchev–Trinajstić information content (AvgIpc) is 2.65. The van der Waals surface area contributed by atoms with Gasteiger partial charge in [0.2, 0.25) is 0 Å². The molecule has 0 unspecified atom stereocenters. The Morgan fingerprint density at radius 3 is 1.31 bits per heavy atom. The summed E-state index contributed by atoms with van der Waals surface area (Å²) in [5.41, 5.74) is 0. The van der Waals surface area contributed by atoms with E-state index in [4.69, 9.17) is 5.11 Å². The Hall–Kier alpha value is -1.76. The molecule has 0 saturated carbocycles. The molecular formula is C15H14F17NO2. The lowest BCUT2D eigenvalue weighted by atomic mass is 9.88. The van der Waals surface area contributed by atoms with Crippen LogP contribution in [0.3, 0.4) is 0 Å². The molecular weight excluding hydrogens is 549 g/mol. The first-order valence-electron chi connectivity index (χ1n) is 8.79. The van der Waals surface area contributed by atoms with E-state index in [0.29, 0.717) is 0 Å². The van der Waals surface area contributed by atoms with Crippen LogP contribution in [0.15, 0.2) is 0 Å². The number of hydrogen-bond acceptors (Lipinski definition) is 2. The van der Waals surface area contributed by atoms with Gasteiger partial charge in [-0.25, -0.2) is 0 Å². The van der Waals surface area contributed by atoms with Crippen LogP contribution in [0.2, 0.25) is 0 Å². The number of hydrogen-bond donors (Lipinski definition) is 2. The maximum Gasteiger partial charge on any atom is 0.460 e. The summed E-state index contributed by atoms with van der Waals surface area (Å²) in [6.45, 7) is -0.360. The molecule has 2 N–H and O–H groups in total. The molecule has 0 rings (SSSR count). The van der Waals surface area contributed by atoms with Crippen molar-refractivity contribution in [3.63, 3.8) is 0 Å². The average molecular weight is 563 g/mol. The lowest BCUT2D eigenvalue weighted by molar-refractivity contribution is -0.461. The monoisotopic (exact) mass is 563 g/mol. The number of nitrogens with one attached hydrogen (secondary N) is 1. The molecule has 3 nitrogen and oxygen atoms in total. The van der Waals surface area contributed by atoms with Gasteiger partial charge in [0, 0.05) is 13.0 Å². The molecule has 0 saturated heterocycles. The first kappa shape index (κ1) is 33.2. The highest BCUT2D eigenvalue weighted by atomic mass is 19.4. The van der Waals surface area contributed by atoms with Crippen molar-refractivity contribution >= 4 is 5.97 Å². The molecule has 0 aromatic carbocycles. The van der Waals surface area contributed by atoms with E-state index in [2.05, 4.69) is 0 Å². The van der Waals surface area contributed by atoms with Gasteiger partial charge >= 0.3 is 53.6 Å². The van der Waals surface area contributed by atoms with Gasteiger partial charge in [0.1, 0.15) is 6.04 Å². The zero-order chi connectivity index (χ0) is 28.7. The van der Waals surface area contributed by atoms with Gasteiger partial charge in [-0.05, 0) is 6.42 Å². The van der Waals surface area contributed by atoms with E-state index < -0.39 is 72.6 Å². The molecule has 0 bridgehead atoms. The van der Waals surface area contributed by atoms with Crippen molar-refractivity contribution in [2.45, 2.75) is 79.9 Å². The highest BCUT2D eigenvalue weighted by Gasteiger charge is 2.95. The number of alkyl halides is 17. The van der Waals surface area contributed by atoms with Crippen LogP contribution in [0.25, 0.3) is 0 Å². The summed E-state index contributed by atoms with van der Waals surface area (Å²) in [5, 5.41) is 10.3. The topological polar surface area (TPSA) is 49.3 Å². The number of carboxylic acid groups (broad SMARTS) is 1. The number of halogens is 17. The van der Waals surface area contributed by atoms with Crippen LogP contribution >= 0.6 is 0 Å². The molecule has 0 fully saturated rings. The van der Waals surface area contributed by atoms with E-state index in [1.54, 1.807) is 5.32 Å². The van der Waals surface area contributed by atoms with Gasteiger partial charge in [-0.15, -0.1) is 0 Å². The molecule has 0 heterocycles. The molecule has 0 aliphatic rings. The van der Waals surface area contributed by atoms with Crippen LogP contribution in [0.4, 0.5) is 74.6 Å². The van der Waals surface area contributed by atoms with Crippen LogP contribution in [0.1, 0.15) is 26.2 Å². The summed E-state index contributed by atoms with van der Waals surface area (Å²) in [6, 6.07) is -1.78. The van der Waals surface area contributed by atoms with E-state index in [9.17, 15) is 79.4 Å². The fraction of sp³-hybridized carbons (Fsp3) is 0.933. The summed E-state index contributed by atoms with van der Waals surface area (Å²) < 4.78 is 223. The van der Waals surface area contributed by atoms with Gasteiger partial charge in [-0.1, -0.05) is 13.3 Å². The Morgan fingerprint density at radius 1 is 0.657 bits per heavy atom. The predicted molar refractivity (Wildman–Crippen MR) is 79.6 cm³/mol. The third kappa shape index (κ3) is 5.21. The second kappa shape index (κ2) is 9.60. The van der Waals surface area contributed by atoms with Crippen molar-refractivity contribution < 1.29 is 84.5 Å². The Morgan fingerprint density at radius 2 is 1.00 bits per heavy atom. The molecule has 0 radical (unpaired) electrons. The molecule has 0 aliphatic heterocycles. The lowest BCUT2D eigenvalue weighted by Gasteiger charge is -2.42. The predicted octanol–water partition coefficient (Wildman–Crippen LogP) is 6.23. The lowest BCUT2D eigenvalue weighted by Crippen LogP contribution is -2.74. The van der Waals surface area contributed by atoms with Crippen molar-refractivity contribution in [1.29, 1.82) is 0 Å². The number of carboxylic acids is 1. The number of carbonyl (C=O) groups is 1. The first-order chi connectivity index (χ1) is 15.1. The summed E-state index contributed by atoms with van der Waals surface area (Å²) in [7, 11) is 0. The highest BCUT2D eigenvalue weighted by molar-refractivity contribution is 5.73. The van der Waals surface area contributed by atoms with Gasteiger partial charge in [0.25, 0.3) is 0 Å². The quantitative estimate of drug-likeness (QED) is 0.262. The molecule has 0 spiro atoms. The molecule has 20 heteroatoms. The second-order valence-corrected chi connectivity index (χ2v) is 7.03. The minimum atomic E-state index is -8.67. The van der Waals surface area contributed by atoms with Gasteiger partial charge < -0.3 is 10.4 Å². The third-order valence-electron chi connectivity index (χ3n) is 4.49. The molecule has 0 aliphatic carbocycles. The fourth-order valence-electron chi connectivity index (χ4n) is 2.36. The van der Waals surface area contributed by atoms with Crippen LogP contribution in [-0.4, -0.2) is 71.3 Å². The van der Waals surface area contributed by atoms with Gasteiger partial charge in [0.15, 0.2) is 0 Å². The zero-order valence-corrected chi connectivity index (χ0v) is 16.7. The summed E-state index contributed by atoms with van der Waals surface area (Å²) in [5.74, 6) is -58.5. The smallest absolute Gasteiger partial charge is 0.460 e. The van der Waals surface area contributed by atoms with E-state index >= 15 is 0 Å². The fourth-order valence-corrected chi connectivity index (χ4v) is 2.36. The van der Waals surface area contributed by atoms with Gasteiger partial charge in [0.05, 0.1) is 0 Å². The third-order valence-corrected chi connectivity index (χ3v) is 4.49. The Kier molecular flexibility index (Phi) is 9.12. The molecule has 35 heavy (non-hydrogen) atoms. The number of aliphatic carboxylic acids is 1. The molecule has 1 atom stereocenters. The van der Waals surface area contributed by atoms with Crippen LogP contribution in [-0.2, 0) is 4.79 Å². The molecule has 0 aromatic rings. The van der Waals surface area contributed by atoms with Crippen LogP contribution in [0, 0.1) is 0 Å². The maximum absolute atomic E-state index is 13.7. The standard InChI is InChI=1S/C15H14F17NO2/c1-2-3-6(7(34)35)33-5-4-8(16,17)9(18,19)10(20,21)11(22,23)12(24,25)13(26,27)14(28,29)15(30,31)32/h6,33H,2-5H2,1H3,(H,34,35)/t6-/m0/s1. The maximum atomic E-state index is 13.7. The van der Waals surface area contributed by atoms with E-state index in [1.807, 2.05) is 0 Å². The highest BCUT2D eigenvalue weighted by Crippen LogP contribution is 2.64. The normalized spacial score (nSPS) is 16.4. The van der Waals surface area contributed by atoms with Crippen molar-refractivity contribution in [2.75, 3.05) is 6.54 Å². The van der Waals surface area contributed by atoms with E-state index in [-0.39, 0.29) is 12.8 Å². The Bertz CT molecular complexity index is 746. The zero-order valence-electron chi connectivity index (χ0n) is 16.7. The van der Waals surface area contributed by atoms with Crippen molar-refractivity contribution in [3.05, 3.63) is 0 Å². The minimum absolute atomic E-state index is 0.0205. The van der Waals surface area contributed by atoms with E-state index in [1.165, 1.54) is 6.92 Å². The van der Waals surface area contributed by atoms with Crippen molar-refractivity contribution in [3.8, 4) is 0 Å². The molecule has 0 aromatic heterocycles. The Balaban J connectivity index is 6.28. The first-order valence-corrected chi connectivity index (χ1v) is 8.79. The minimum Gasteiger partial charge on any atom is -0.480 e. The van der Waals surface area contributed by atoms with E-state index in [0.717, 1.165) is 0 Å². The largest absolute Gasteiger partial charge is 0.480 e. The van der Waals surface area contributed by atoms with Crippen LogP contribution in [0.5, 0.6) is 0 Å². The summed E-state index contributed by atoms with van der Waals surface area (Å²) in [4.78, 5) is 10.8. The second-order valence-electron chi connectivity index (χ2n) is 7.03. The van der Waals surface area contributed by atoms with Crippen LogP contribution < -0.4 is 5.32 Å². The molecule has 210 valence electrons. The summed E-state index contributed by atoms with van der Waals surface area (Å²) in [6.07, 6.45) is -10.9. The van der Waals surface area contributed by atoms with Gasteiger partial charge in [-0.2, -0.15) is 74.6 Å². The Labute approximate surface area is 183 Å². The molecule has 0 amide bonds. The van der Waals surface area contributed by atoms with Crippen molar-refractivity contribution in [2.24, 2.45) is 0 Å². The SMILES string of the molecule is CCC[C@H](NCCC(F)(F)C(F)(F)C(F)(F)C(F)(F)C(F)(F)C(F)(F)C(F)(F)C(F)(F)F)C(=O)O. The summed E-state index contributed by atoms with van der Waals surface area (Å²) >= 11 is 0.